The molecule has 0 heterocycles. The molecule has 2 aromatic carbocycles. The predicted molar refractivity (Wildman–Crippen MR) is 72.2 cm³/mol. The van der Waals surface area contributed by atoms with Crippen LogP contribution in [0.2, 0.25) is 0 Å². The Balaban J connectivity index is 2.35. The minimum absolute atomic E-state index is 0.130. The molecule has 92 valence electrons. The van der Waals surface area contributed by atoms with Crippen LogP contribution in [0, 0.1) is 19.7 Å². The highest BCUT2D eigenvalue weighted by atomic mass is 19.1. The van der Waals surface area contributed by atoms with Gasteiger partial charge in [-0.15, -0.1) is 0 Å². The van der Waals surface area contributed by atoms with Gasteiger partial charge in [-0.1, -0.05) is 18.2 Å². The zero-order valence-corrected chi connectivity index (χ0v) is 10.6. The van der Waals surface area contributed by atoms with E-state index >= 15 is 0 Å². The molecule has 2 N–H and O–H groups in total. The lowest BCUT2D eigenvalue weighted by Crippen LogP contribution is -2.11. The molecule has 0 saturated heterocycles. The Morgan fingerprint density at radius 1 is 1.11 bits per heavy atom. The van der Waals surface area contributed by atoms with Gasteiger partial charge in [-0.3, -0.25) is 0 Å². The van der Waals surface area contributed by atoms with Crippen LogP contribution in [0.15, 0.2) is 30.3 Å². The first-order chi connectivity index (χ1) is 8.63. The summed E-state index contributed by atoms with van der Waals surface area (Å²) in [6.07, 6.45) is 0. The quantitative estimate of drug-likeness (QED) is 0.812. The van der Waals surface area contributed by atoms with E-state index in [0.717, 1.165) is 11.1 Å². The third-order valence-corrected chi connectivity index (χ3v) is 4.04. The van der Waals surface area contributed by atoms with Gasteiger partial charge in [-0.2, -0.15) is 0 Å². The molecule has 1 atom stereocenters. The fourth-order valence-electron chi connectivity index (χ4n) is 2.96. The van der Waals surface area contributed by atoms with Gasteiger partial charge >= 0.3 is 0 Å². The Bertz CT molecular complexity index is 631. The SMILES string of the molecule is Cc1ccc2c(c1C)-c1ccc(F)cc1C2CN. The van der Waals surface area contributed by atoms with E-state index in [1.807, 2.05) is 6.07 Å². The molecular weight excluding hydrogens is 225 g/mol. The molecule has 0 radical (unpaired) electrons. The smallest absolute Gasteiger partial charge is 0.123 e. The lowest BCUT2D eigenvalue weighted by Gasteiger charge is -2.11. The summed E-state index contributed by atoms with van der Waals surface area (Å²) < 4.78 is 13.4. The third kappa shape index (κ3) is 1.42. The van der Waals surface area contributed by atoms with E-state index in [-0.39, 0.29) is 11.7 Å². The van der Waals surface area contributed by atoms with Crippen molar-refractivity contribution in [2.45, 2.75) is 19.8 Å². The van der Waals surface area contributed by atoms with Gasteiger partial charge in [0.1, 0.15) is 5.82 Å². The highest BCUT2D eigenvalue weighted by molar-refractivity contribution is 5.82. The Kier molecular flexibility index (Phi) is 2.49. The minimum atomic E-state index is -0.186. The highest BCUT2D eigenvalue weighted by Gasteiger charge is 2.29. The summed E-state index contributed by atoms with van der Waals surface area (Å²) in [6.45, 7) is 4.75. The number of benzene rings is 2. The van der Waals surface area contributed by atoms with Crippen molar-refractivity contribution in [1.82, 2.24) is 0 Å². The van der Waals surface area contributed by atoms with Gasteiger partial charge in [0.15, 0.2) is 0 Å². The van der Waals surface area contributed by atoms with Crippen molar-refractivity contribution in [3.8, 4) is 11.1 Å². The van der Waals surface area contributed by atoms with Crippen LogP contribution in [0.5, 0.6) is 0 Å². The lowest BCUT2D eigenvalue weighted by molar-refractivity contribution is 0.624. The average molecular weight is 241 g/mol. The van der Waals surface area contributed by atoms with Crippen molar-refractivity contribution in [3.63, 3.8) is 0 Å². The largest absolute Gasteiger partial charge is 0.330 e. The molecule has 18 heavy (non-hydrogen) atoms. The second-order valence-electron chi connectivity index (χ2n) is 4.99. The minimum Gasteiger partial charge on any atom is -0.330 e. The van der Waals surface area contributed by atoms with Crippen molar-refractivity contribution < 1.29 is 4.39 Å². The van der Waals surface area contributed by atoms with Crippen LogP contribution in [-0.4, -0.2) is 6.54 Å². The summed E-state index contributed by atoms with van der Waals surface area (Å²) in [4.78, 5) is 0. The number of hydrogen-bond acceptors (Lipinski definition) is 1. The van der Waals surface area contributed by atoms with Crippen molar-refractivity contribution in [1.29, 1.82) is 0 Å². The van der Waals surface area contributed by atoms with Gasteiger partial charge < -0.3 is 5.73 Å². The number of hydrogen-bond donors (Lipinski definition) is 1. The first-order valence-corrected chi connectivity index (χ1v) is 6.23. The fourth-order valence-corrected chi connectivity index (χ4v) is 2.96. The highest BCUT2D eigenvalue weighted by Crippen LogP contribution is 2.46. The van der Waals surface area contributed by atoms with Crippen LogP contribution in [0.3, 0.4) is 0 Å². The number of halogens is 1. The van der Waals surface area contributed by atoms with E-state index in [0.29, 0.717) is 6.54 Å². The van der Waals surface area contributed by atoms with Gasteiger partial charge in [-0.25, -0.2) is 4.39 Å². The summed E-state index contributed by atoms with van der Waals surface area (Å²) >= 11 is 0. The Hall–Kier alpha value is -1.67. The zero-order chi connectivity index (χ0) is 12.9. The first-order valence-electron chi connectivity index (χ1n) is 6.23. The molecule has 2 aromatic rings. The Morgan fingerprint density at radius 3 is 2.61 bits per heavy atom. The molecule has 3 rings (SSSR count). The first kappa shape index (κ1) is 11.4. The maximum Gasteiger partial charge on any atom is 0.123 e. The van der Waals surface area contributed by atoms with E-state index in [4.69, 9.17) is 5.73 Å². The molecule has 0 fully saturated rings. The molecule has 0 aromatic heterocycles. The summed E-state index contributed by atoms with van der Waals surface area (Å²) in [6, 6.07) is 9.29. The summed E-state index contributed by atoms with van der Waals surface area (Å²) in [5.41, 5.74) is 13.1. The van der Waals surface area contributed by atoms with E-state index in [1.165, 1.54) is 28.3 Å². The molecular formula is C16H16FN. The van der Waals surface area contributed by atoms with Gasteiger partial charge in [0.25, 0.3) is 0 Å². The van der Waals surface area contributed by atoms with E-state index in [2.05, 4.69) is 26.0 Å². The number of aryl methyl sites for hydroxylation is 1. The van der Waals surface area contributed by atoms with Crippen LogP contribution in [0.1, 0.15) is 28.2 Å². The zero-order valence-electron chi connectivity index (χ0n) is 10.6. The fraction of sp³-hybridized carbons (Fsp3) is 0.250. The summed E-state index contributed by atoms with van der Waals surface area (Å²) in [7, 11) is 0. The number of fused-ring (bicyclic) bond motifs is 3. The normalized spacial score (nSPS) is 16.6. The molecule has 1 unspecified atom stereocenters. The van der Waals surface area contributed by atoms with Crippen molar-refractivity contribution >= 4 is 0 Å². The second-order valence-corrected chi connectivity index (χ2v) is 4.99. The van der Waals surface area contributed by atoms with Crippen LogP contribution < -0.4 is 5.73 Å². The molecule has 0 bridgehead atoms. The van der Waals surface area contributed by atoms with Gasteiger partial charge in [-0.05, 0) is 59.4 Å². The molecule has 0 spiro atoms. The maximum atomic E-state index is 13.4. The monoisotopic (exact) mass is 241 g/mol. The number of nitrogens with two attached hydrogens (primary N) is 1. The van der Waals surface area contributed by atoms with Gasteiger partial charge in [0.05, 0.1) is 0 Å². The van der Waals surface area contributed by atoms with Crippen LogP contribution >= 0.6 is 0 Å². The van der Waals surface area contributed by atoms with E-state index in [9.17, 15) is 4.39 Å². The predicted octanol–water partition coefficient (Wildman–Crippen LogP) is 3.51. The van der Waals surface area contributed by atoms with E-state index in [1.54, 1.807) is 6.07 Å². The van der Waals surface area contributed by atoms with Crippen LogP contribution in [0.4, 0.5) is 4.39 Å². The Morgan fingerprint density at radius 2 is 1.89 bits per heavy atom. The molecule has 1 aliphatic rings. The van der Waals surface area contributed by atoms with Crippen LogP contribution in [0.25, 0.3) is 11.1 Å². The van der Waals surface area contributed by atoms with Gasteiger partial charge in [0.2, 0.25) is 0 Å². The molecule has 0 amide bonds. The van der Waals surface area contributed by atoms with Crippen molar-refractivity contribution in [2.75, 3.05) is 6.54 Å². The summed E-state index contributed by atoms with van der Waals surface area (Å²) in [5, 5.41) is 0. The summed E-state index contributed by atoms with van der Waals surface area (Å²) in [5.74, 6) is -0.0561. The molecule has 2 heteroatoms. The molecule has 0 aliphatic heterocycles. The second kappa shape index (κ2) is 3.92. The maximum absolute atomic E-state index is 13.4. The lowest BCUT2D eigenvalue weighted by atomic mass is 9.94. The molecule has 1 aliphatic carbocycles. The van der Waals surface area contributed by atoms with Crippen LogP contribution in [-0.2, 0) is 0 Å². The third-order valence-electron chi connectivity index (χ3n) is 4.04. The number of rotatable bonds is 1. The molecule has 0 saturated carbocycles. The Labute approximate surface area is 106 Å². The van der Waals surface area contributed by atoms with Gasteiger partial charge in [0, 0.05) is 12.5 Å². The van der Waals surface area contributed by atoms with Crippen molar-refractivity contribution in [3.05, 3.63) is 58.4 Å². The average Bonchev–Trinajstić information content (AvgIpc) is 2.67. The molecule has 1 nitrogen and oxygen atoms in total. The van der Waals surface area contributed by atoms with Crippen molar-refractivity contribution in [2.24, 2.45) is 5.73 Å². The van der Waals surface area contributed by atoms with E-state index < -0.39 is 0 Å². The topological polar surface area (TPSA) is 26.0 Å². The standard InChI is InChI=1S/C16H16FN/c1-9-3-5-13-15(8-18)14-7-11(17)4-6-12(14)16(13)10(9)2/h3-7,15H,8,18H2,1-2H3.